The lowest BCUT2D eigenvalue weighted by molar-refractivity contribution is -0.145. The number of aliphatic carboxylic acids is 1. The van der Waals surface area contributed by atoms with Crippen LogP contribution in [0.3, 0.4) is 0 Å². The molecule has 29 heavy (non-hydrogen) atoms. The Balaban J connectivity index is 2.12. The lowest BCUT2D eigenvalue weighted by atomic mass is 9.91. The predicted molar refractivity (Wildman–Crippen MR) is 114 cm³/mol. The summed E-state index contributed by atoms with van der Waals surface area (Å²) in [6, 6.07) is 13.3. The van der Waals surface area contributed by atoms with Crippen LogP contribution in [0.25, 0.3) is 0 Å². The first kappa shape index (κ1) is 21.0. The van der Waals surface area contributed by atoms with Crippen LogP contribution in [-0.2, 0) is 4.79 Å². The summed E-state index contributed by atoms with van der Waals surface area (Å²) in [7, 11) is 7.26. The van der Waals surface area contributed by atoms with E-state index in [1.807, 2.05) is 37.2 Å². The first-order valence-electron chi connectivity index (χ1n) is 9.94. The molecule has 1 heterocycles. The van der Waals surface area contributed by atoms with Gasteiger partial charge in [0.25, 0.3) is 0 Å². The Bertz CT molecular complexity index is 835. The minimum atomic E-state index is -0.771. The number of rotatable bonds is 7. The molecule has 1 fully saturated rings. The second-order valence-electron chi connectivity index (χ2n) is 7.58. The Morgan fingerprint density at radius 2 is 1.83 bits per heavy atom. The minimum Gasteiger partial charge on any atom is -0.497 e. The molecule has 0 bridgehead atoms. The Hall–Kier alpha value is -2.73. The highest BCUT2D eigenvalue weighted by atomic mass is 16.5. The van der Waals surface area contributed by atoms with Gasteiger partial charge < -0.3 is 19.5 Å². The van der Waals surface area contributed by atoms with Gasteiger partial charge in [0.1, 0.15) is 17.5 Å². The summed E-state index contributed by atoms with van der Waals surface area (Å²) >= 11 is 0. The van der Waals surface area contributed by atoms with Crippen LogP contribution in [0.2, 0.25) is 0 Å². The monoisotopic (exact) mass is 398 g/mol. The molecule has 0 amide bonds. The van der Waals surface area contributed by atoms with Gasteiger partial charge in [0.15, 0.2) is 0 Å². The second-order valence-corrected chi connectivity index (χ2v) is 7.58. The van der Waals surface area contributed by atoms with E-state index in [2.05, 4.69) is 29.2 Å². The summed E-state index contributed by atoms with van der Waals surface area (Å²) in [5.41, 5.74) is 3.09. The number of likely N-dealkylation sites (tertiary alicyclic amines) is 1. The van der Waals surface area contributed by atoms with E-state index in [9.17, 15) is 9.90 Å². The number of piperidine rings is 1. The molecule has 1 aliphatic heterocycles. The summed E-state index contributed by atoms with van der Waals surface area (Å²) in [6.45, 7) is 0.728. The molecule has 6 heteroatoms. The molecule has 2 aromatic rings. The maximum atomic E-state index is 12.0. The largest absolute Gasteiger partial charge is 0.497 e. The summed E-state index contributed by atoms with van der Waals surface area (Å²) < 4.78 is 11.0. The number of carboxylic acids is 1. The molecule has 1 N–H and O–H groups in total. The Labute approximate surface area is 172 Å². The van der Waals surface area contributed by atoms with E-state index in [-0.39, 0.29) is 6.04 Å². The fourth-order valence-electron chi connectivity index (χ4n) is 4.08. The number of hydrogen-bond acceptors (Lipinski definition) is 5. The topological polar surface area (TPSA) is 62.2 Å². The first-order chi connectivity index (χ1) is 14.0. The molecule has 2 aromatic carbocycles. The number of hydrogen-bond donors (Lipinski definition) is 1. The fraction of sp³-hybridized carbons (Fsp3) is 0.435. The number of benzene rings is 2. The number of anilines is 1. The van der Waals surface area contributed by atoms with Crippen molar-refractivity contribution in [1.29, 1.82) is 0 Å². The standard InChI is InChI=1S/C23H30N2O4/c1-24(2)17-10-8-16(9-11-17)22(25-14-6-5-7-20(25)23(26)27)19-13-12-18(28-3)15-21(19)29-4/h8-13,15,20,22H,5-7,14H2,1-4H3,(H,26,27). The lowest BCUT2D eigenvalue weighted by Crippen LogP contribution is -2.46. The third-order valence-corrected chi connectivity index (χ3v) is 5.62. The molecule has 0 aliphatic carbocycles. The van der Waals surface area contributed by atoms with Crippen LogP contribution >= 0.6 is 0 Å². The minimum absolute atomic E-state index is 0.214. The number of carboxylic acid groups (broad SMARTS) is 1. The highest BCUT2D eigenvalue weighted by Crippen LogP contribution is 2.40. The van der Waals surface area contributed by atoms with Crippen molar-refractivity contribution in [2.45, 2.75) is 31.3 Å². The third kappa shape index (κ3) is 4.48. The van der Waals surface area contributed by atoms with E-state index < -0.39 is 12.0 Å². The summed E-state index contributed by atoms with van der Waals surface area (Å²) in [5, 5.41) is 9.88. The number of methoxy groups -OCH3 is 2. The molecule has 2 unspecified atom stereocenters. The summed E-state index contributed by atoms with van der Waals surface area (Å²) in [5.74, 6) is 0.633. The molecule has 0 radical (unpaired) electrons. The van der Waals surface area contributed by atoms with E-state index >= 15 is 0 Å². The predicted octanol–water partition coefficient (Wildman–Crippen LogP) is 3.80. The van der Waals surface area contributed by atoms with Gasteiger partial charge in [-0.3, -0.25) is 9.69 Å². The van der Waals surface area contributed by atoms with Crippen LogP contribution in [0.15, 0.2) is 42.5 Å². The van der Waals surface area contributed by atoms with Gasteiger partial charge in [0, 0.05) is 31.4 Å². The van der Waals surface area contributed by atoms with Gasteiger partial charge >= 0.3 is 5.97 Å². The maximum absolute atomic E-state index is 12.0. The van der Waals surface area contributed by atoms with Gasteiger partial charge in [-0.25, -0.2) is 0 Å². The highest BCUT2D eigenvalue weighted by molar-refractivity contribution is 5.74. The zero-order chi connectivity index (χ0) is 21.0. The van der Waals surface area contributed by atoms with E-state index in [0.29, 0.717) is 17.9 Å². The molecule has 1 aliphatic rings. The highest BCUT2D eigenvalue weighted by Gasteiger charge is 2.36. The number of carbonyl (C=O) groups is 1. The molecular weight excluding hydrogens is 368 g/mol. The molecule has 3 rings (SSSR count). The van der Waals surface area contributed by atoms with Crippen molar-refractivity contribution in [3.8, 4) is 11.5 Å². The van der Waals surface area contributed by atoms with E-state index in [1.54, 1.807) is 14.2 Å². The Morgan fingerprint density at radius 1 is 1.10 bits per heavy atom. The van der Waals surface area contributed by atoms with Crippen LogP contribution in [0, 0.1) is 0 Å². The SMILES string of the molecule is COc1ccc(C(c2ccc(N(C)C)cc2)N2CCCCC2C(=O)O)c(OC)c1. The van der Waals surface area contributed by atoms with Gasteiger partial charge in [0.05, 0.1) is 20.3 Å². The molecule has 2 atom stereocenters. The number of nitrogens with zero attached hydrogens (tertiary/aromatic N) is 2. The average Bonchev–Trinajstić information content (AvgIpc) is 2.74. The summed E-state index contributed by atoms with van der Waals surface area (Å²) in [4.78, 5) is 16.2. The third-order valence-electron chi connectivity index (χ3n) is 5.62. The van der Waals surface area contributed by atoms with Crippen LogP contribution in [-0.4, -0.2) is 56.9 Å². The maximum Gasteiger partial charge on any atom is 0.320 e. The van der Waals surface area contributed by atoms with Crippen LogP contribution in [0.4, 0.5) is 5.69 Å². The molecule has 156 valence electrons. The van der Waals surface area contributed by atoms with Crippen molar-refractivity contribution in [2.75, 3.05) is 39.8 Å². The van der Waals surface area contributed by atoms with Crippen molar-refractivity contribution in [3.63, 3.8) is 0 Å². The van der Waals surface area contributed by atoms with Crippen molar-refractivity contribution in [2.24, 2.45) is 0 Å². The van der Waals surface area contributed by atoms with Gasteiger partial charge in [-0.15, -0.1) is 0 Å². The molecular formula is C23H30N2O4. The fourth-order valence-corrected chi connectivity index (χ4v) is 4.08. The second kappa shape index (κ2) is 9.18. The van der Waals surface area contributed by atoms with E-state index in [4.69, 9.17) is 9.47 Å². The molecule has 1 saturated heterocycles. The normalized spacial score (nSPS) is 18.1. The van der Waals surface area contributed by atoms with E-state index in [1.165, 1.54) is 0 Å². The van der Waals surface area contributed by atoms with Crippen LogP contribution < -0.4 is 14.4 Å². The van der Waals surface area contributed by atoms with Crippen molar-refractivity contribution in [3.05, 3.63) is 53.6 Å². The van der Waals surface area contributed by atoms with Crippen molar-refractivity contribution < 1.29 is 19.4 Å². The van der Waals surface area contributed by atoms with Gasteiger partial charge in [-0.2, -0.15) is 0 Å². The Morgan fingerprint density at radius 3 is 2.41 bits per heavy atom. The van der Waals surface area contributed by atoms with Crippen LogP contribution in [0.5, 0.6) is 11.5 Å². The first-order valence-corrected chi connectivity index (χ1v) is 9.94. The molecule has 0 aromatic heterocycles. The quantitative estimate of drug-likeness (QED) is 0.766. The molecule has 0 saturated carbocycles. The molecule has 6 nitrogen and oxygen atoms in total. The van der Waals surface area contributed by atoms with E-state index in [0.717, 1.165) is 36.2 Å². The van der Waals surface area contributed by atoms with Crippen molar-refractivity contribution in [1.82, 2.24) is 4.90 Å². The van der Waals surface area contributed by atoms with Crippen LogP contribution in [0.1, 0.15) is 36.4 Å². The number of ether oxygens (including phenoxy) is 2. The molecule has 0 spiro atoms. The zero-order valence-corrected chi connectivity index (χ0v) is 17.6. The van der Waals surface area contributed by atoms with Gasteiger partial charge in [-0.05, 0) is 49.2 Å². The lowest BCUT2D eigenvalue weighted by Gasteiger charge is -2.40. The smallest absolute Gasteiger partial charge is 0.320 e. The average molecular weight is 399 g/mol. The zero-order valence-electron chi connectivity index (χ0n) is 17.6. The Kier molecular flexibility index (Phi) is 6.64. The van der Waals surface area contributed by atoms with Gasteiger partial charge in [-0.1, -0.05) is 18.6 Å². The van der Waals surface area contributed by atoms with Gasteiger partial charge in [0.2, 0.25) is 0 Å². The summed E-state index contributed by atoms with van der Waals surface area (Å²) in [6.07, 6.45) is 2.56. The van der Waals surface area contributed by atoms with Crippen molar-refractivity contribution >= 4 is 11.7 Å².